The second kappa shape index (κ2) is 5.15. The van der Waals surface area contributed by atoms with Gasteiger partial charge in [-0.3, -0.25) is 0 Å². The Morgan fingerprint density at radius 3 is 2.53 bits per heavy atom. The molecule has 7 heteroatoms. The van der Waals surface area contributed by atoms with Crippen molar-refractivity contribution >= 4 is 40.1 Å². The quantitative estimate of drug-likeness (QED) is 0.644. The first-order chi connectivity index (χ1) is 7.50. The van der Waals surface area contributed by atoms with E-state index >= 15 is 0 Å². The summed E-state index contributed by atoms with van der Waals surface area (Å²) < 4.78 is 0. The Balaban J connectivity index is 0.00000144. The number of pyridine rings is 1. The molecule has 17 heavy (non-hydrogen) atoms. The van der Waals surface area contributed by atoms with Crippen molar-refractivity contribution in [2.75, 3.05) is 0 Å². The molecule has 1 heterocycles. The topological polar surface area (TPSA) is 73.2 Å². The second-order valence-corrected chi connectivity index (χ2v) is 3.88. The Hall–Kier alpha value is -0.923. The minimum Gasteiger partial charge on any atom is -0.543 e. The van der Waals surface area contributed by atoms with Gasteiger partial charge >= 0.3 is 18.9 Å². The number of aromatic hydroxyl groups is 1. The van der Waals surface area contributed by atoms with E-state index in [4.69, 9.17) is 23.2 Å². The number of aromatic carboxylic acids is 1. The van der Waals surface area contributed by atoms with Gasteiger partial charge in [0, 0.05) is 5.39 Å². The Labute approximate surface area is 118 Å². The largest absolute Gasteiger partial charge is 1.00 e. The number of hydrogen-bond acceptors (Lipinski definition) is 4. The van der Waals surface area contributed by atoms with E-state index in [2.05, 4.69) is 4.98 Å². The number of hydrogen-bond donors (Lipinski definition) is 1. The van der Waals surface area contributed by atoms with E-state index in [1.54, 1.807) is 0 Å². The average molecular weight is 264 g/mol. The summed E-state index contributed by atoms with van der Waals surface area (Å²) in [5, 5.41) is 21.0. The molecule has 1 N–H and O–H groups in total. The molecule has 0 unspecified atom stereocenters. The molecule has 0 aliphatic heterocycles. The normalized spacial score (nSPS) is 10.0. The van der Waals surface area contributed by atoms with E-state index in [0.29, 0.717) is 5.39 Å². The van der Waals surface area contributed by atoms with Gasteiger partial charge in [0.1, 0.15) is 5.52 Å². The van der Waals surface area contributed by atoms with Crippen LogP contribution in [0.25, 0.3) is 10.9 Å². The smallest absolute Gasteiger partial charge is 0.543 e. The molecule has 2 rings (SSSR count). The van der Waals surface area contributed by atoms with Gasteiger partial charge in [0.25, 0.3) is 0 Å². The van der Waals surface area contributed by atoms with Crippen LogP contribution in [0.1, 0.15) is 10.5 Å². The number of carbonyl (C=O) groups excluding carboxylic acids is 1. The molecule has 0 amide bonds. The molecule has 0 saturated heterocycles. The Morgan fingerprint density at radius 2 is 1.94 bits per heavy atom. The van der Waals surface area contributed by atoms with Gasteiger partial charge in [-0.05, 0) is 18.2 Å². The van der Waals surface area contributed by atoms with E-state index in [0.717, 1.165) is 0 Å². The molecule has 1 aromatic heterocycles. The number of phenols is 1. The number of fused-ring (bicyclic) bond motifs is 1. The maximum atomic E-state index is 10.6. The van der Waals surface area contributed by atoms with Gasteiger partial charge in [0.05, 0.1) is 21.7 Å². The monoisotopic (exact) mass is 263 g/mol. The van der Waals surface area contributed by atoms with Gasteiger partial charge in [0.2, 0.25) is 0 Å². The van der Waals surface area contributed by atoms with Crippen LogP contribution in [-0.2, 0) is 0 Å². The summed E-state index contributed by atoms with van der Waals surface area (Å²) in [7, 11) is 0. The Kier molecular flexibility index (Phi) is 4.29. The van der Waals surface area contributed by atoms with Crippen LogP contribution in [0.15, 0.2) is 18.2 Å². The maximum absolute atomic E-state index is 10.6. The molecule has 1 aromatic carbocycles. The van der Waals surface area contributed by atoms with Crippen LogP contribution in [0, 0.1) is 0 Å². The number of carboxylic acids is 1. The van der Waals surface area contributed by atoms with Crippen LogP contribution in [0.4, 0.5) is 0 Å². The molecular formula is C10H4Cl2LiNO3. The van der Waals surface area contributed by atoms with Crippen molar-refractivity contribution in [1.82, 2.24) is 4.98 Å². The maximum Gasteiger partial charge on any atom is 1.00 e. The van der Waals surface area contributed by atoms with Crippen LogP contribution < -0.4 is 24.0 Å². The first-order valence-corrected chi connectivity index (χ1v) is 4.95. The van der Waals surface area contributed by atoms with Gasteiger partial charge < -0.3 is 15.0 Å². The molecule has 0 aliphatic carbocycles. The molecule has 0 fully saturated rings. The molecule has 82 valence electrons. The number of benzene rings is 1. The summed E-state index contributed by atoms with van der Waals surface area (Å²) in [6.45, 7) is 0. The Morgan fingerprint density at radius 1 is 1.29 bits per heavy atom. The fourth-order valence-electron chi connectivity index (χ4n) is 1.32. The third kappa shape index (κ3) is 2.51. The molecule has 0 aliphatic rings. The van der Waals surface area contributed by atoms with Gasteiger partial charge in [-0.25, -0.2) is 4.98 Å². The molecule has 0 bridgehead atoms. The Bertz CT molecular complexity index is 604. The van der Waals surface area contributed by atoms with Crippen molar-refractivity contribution in [3.05, 3.63) is 33.9 Å². The zero-order valence-corrected chi connectivity index (χ0v) is 10.2. The van der Waals surface area contributed by atoms with E-state index in [-0.39, 0.29) is 45.9 Å². The zero-order chi connectivity index (χ0) is 11.9. The number of carbonyl (C=O) groups is 1. The minimum absolute atomic E-state index is 0. The molecule has 2 aromatic rings. The standard InChI is InChI=1S/C10H5Cl2NO3.Li/c11-5-3-6(12)9(14)8-4(5)1-2-7(13-8)10(15)16;/h1-3,14H,(H,15,16);/q;+1/p-1. The van der Waals surface area contributed by atoms with Gasteiger partial charge in [-0.1, -0.05) is 23.2 Å². The molecular weight excluding hydrogens is 260 g/mol. The third-order valence-corrected chi connectivity index (χ3v) is 2.67. The molecule has 0 spiro atoms. The summed E-state index contributed by atoms with van der Waals surface area (Å²) >= 11 is 11.6. The van der Waals surface area contributed by atoms with Crippen molar-refractivity contribution in [3.8, 4) is 5.75 Å². The fraction of sp³-hybridized carbons (Fsp3) is 0. The summed E-state index contributed by atoms with van der Waals surface area (Å²) in [4.78, 5) is 14.3. The van der Waals surface area contributed by atoms with Crippen LogP contribution in [0.3, 0.4) is 0 Å². The summed E-state index contributed by atoms with van der Waals surface area (Å²) in [5.74, 6) is -1.73. The third-order valence-electron chi connectivity index (χ3n) is 2.07. The molecule has 0 atom stereocenters. The zero-order valence-electron chi connectivity index (χ0n) is 8.70. The fourth-order valence-corrected chi connectivity index (χ4v) is 1.83. The molecule has 0 radical (unpaired) electrons. The van der Waals surface area contributed by atoms with Gasteiger partial charge in [-0.15, -0.1) is 0 Å². The minimum atomic E-state index is -1.43. The number of phenolic OH excluding ortho intramolecular Hbond substituents is 1. The van der Waals surface area contributed by atoms with Crippen LogP contribution in [-0.4, -0.2) is 16.1 Å². The van der Waals surface area contributed by atoms with E-state index < -0.39 is 5.97 Å². The van der Waals surface area contributed by atoms with Crippen molar-refractivity contribution < 1.29 is 33.9 Å². The van der Waals surface area contributed by atoms with Crippen molar-refractivity contribution in [2.24, 2.45) is 0 Å². The predicted octanol–water partition coefficient (Wildman–Crippen LogP) is -1.39. The van der Waals surface area contributed by atoms with Crippen LogP contribution in [0.2, 0.25) is 10.0 Å². The van der Waals surface area contributed by atoms with Crippen molar-refractivity contribution in [3.63, 3.8) is 0 Å². The number of aromatic nitrogens is 1. The van der Waals surface area contributed by atoms with E-state index in [9.17, 15) is 15.0 Å². The van der Waals surface area contributed by atoms with E-state index in [1.165, 1.54) is 18.2 Å². The van der Waals surface area contributed by atoms with E-state index in [1.807, 2.05) is 0 Å². The number of carboxylic acid groups (broad SMARTS) is 1. The second-order valence-electron chi connectivity index (χ2n) is 3.07. The van der Waals surface area contributed by atoms with Gasteiger partial charge in [0.15, 0.2) is 5.75 Å². The van der Waals surface area contributed by atoms with Crippen LogP contribution >= 0.6 is 23.2 Å². The summed E-state index contributed by atoms with van der Waals surface area (Å²) in [6.07, 6.45) is 0. The first-order valence-electron chi connectivity index (χ1n) is 4.20. The number of nitrogens with zero attached hydrogens (tertiary/aromatic N) is 1. The number of rotatable bonds is 1. The van der Waals surface area contributed by atoms with Crippen molar-refractivity contribution in [1.29, 1.82) is 0 Å². The SMILES string of the molecule is O=C([O-])c1ccc2c(Cl)cc(Cl)c(O)c2n1.[Li+]. The summed E-state index contributed by atoms with van der Waals surface area (Å²) in [6, 6.07) is 4.05. The molecule has 0 saturated carbocycles. The average Bonchev–Trinajstić information content (AvgIpc) is 2.25. The van der Waals surface area contributed by atoms with Crippen molar-refractivity contribution in [2.45, 2.75) is 0 Å². The summed E-state index contributed by atoms with van der Waals surface area (Å²) in [5.41, 5.74) is -0.250. The van der Waals surface area contributed by atoms with Gasteiger partial charge in [-0.2, -0.15) is 0 Å². The molecule has 4 nitrogen and oxygen atoms in total. The number of halogens is 2. The first kappa shape index (κ1) is 14.1. The predicted molar refractivity (Wildman–Crippen MR) is 57.8 cm³/mol. The van der Waals surface area contributed by atoms with Crippen LogP contribution in [0.5, 0.6) is 5.75 Å².